The largest absolute Gasteiger partial charge is 0.495 e. The lowest BCUT2D eigenvalue weighted by Gasteiger charge is -2.20. The minimum absolute atomic E-state index is 0.0357. The molecular formula is C19H18ClN3O2. The summed E-state index contributed by atoms with van der Waals surface area (Å²) in [6.45, 7) is 0.562. The first-order chi connectivity index (χ1) is 12.1. The Bertz CT molecular complexity index is 966. The van der Waals surface area contributed by atoms with E-state index in [1.807, 2.05) is 31.3 Å². The summed E-state index contributed by atoms with van der Waals surface area (Å²) < 4.78 is 7.48. The third kappa shape index (κ3) is 2.65. The lowest BCUT2D eigenvalue weighted by molar-refractivity contribution is -0.117. The monoisotopic (exact) mass is 355 g/mol. The number of halogens is 1. The number of methoxy groups -OCH3 is 1. The molecule has 1 aliphatic heterocycles. The van der Waals surface area contributed by atoms with Gasteiger partial charge in [-0.15, -0.1) is 0 Å². The van der Waals surface area contributed by atoms with Crippen LogP contribution in [0.4, 0.5) is 5.69 Å². The van der Waals surface area contributed by atoms with E-state index >= 15 is 0 Å². The van der Waals surface area contributed by atoms with Crippen LogP contribution in [0.5, 0.6) is 5.75 Å². The molecule has 0 bridgehead atoms. The summed E-state index contributed by atoms with van der Waals surface area (Å²) in [5.74, 6) is 1.66. The van der Waals surface area contributed by atoms with E-state index in [9.17, 15) is 4.79 Å². The number of amides is 1. The normalized spacial score (nSPS) is 17.5. The lowest BCUT2D eigenvalue weighted by atomic mass is 10.1. The van der Waals surface area contributed by atoms with Gasteiger partial charge in [0.1, 0.15) is 11.6 Å². The number of rotatable bonds is 3. The molecule has 2 aromatic carbocycles. The Morgan fingerprint density at radius 3 is 2.80 bits per heavy atom. The van der Waals surface area contributed by atoms with E-state index in [4.69, 9.17) is 21.3 Å². The maximum Gasteiger partial charge on any atom is 0.227 e. The summed E-state index contributed by atoms with van der Waals surface area (Å²) in [5.41, 5.74) is 2.73. The highest BCUT2D eigenvalue weighted by Crippen LogP contribution is 2.38. The topological polar surface area (TPSA) is 47.4 Å². The highest BCUT2D eigenvalue weighted by molar-refractivity contribution is 6.31. The predicted molar refractivity (Wildman–Crippen MR) is 98.4 cm³/mol. The predicted octanol–water partition coefficient (Wildman–Crippen LogP) is 3.76. The van der Waals surface area contributed by atoms with Gasteiger partial charge < -0.3 is 14.2 Å². The number of carbonyl (C=O) groups excluding carboxylic acids is 1. The molecule has 6 heteroatoms. The van der Waals surface area contributed by atoms with E-state index in [0.717, 1.165) is 16.9 Å². The number of anilines is 1. The third-order valence-electron chi connectivity index (χ3n) is 4.74. The molecule has 1 aliphatic rings. The molecule has 0 aliphatic carbocycles. The zero-order valence-electron chi connectivity index (χ0n) is 14.1. The number of ether oxygens (including phenoxy) is 1. The molecule has 25 heavy (non-hydrogen) atoms. The van der Waals surface area contributed by atoms with E-state index in [-0.39, 0.29) is 11.8 Å². The molecule has 1 unspecified atom stereocenters. The Labute approximate surface area is 150 Å². The average Bonchev–Trinajstić information content (AvgIpc) is 3.15. The Balaban J connectivity index is 1.70. The van der Waals surface area contributed by atoms with Crippen LogP contribution in [-0.2, 0) is 11.8 Å². The van der Waals surface area contributed by atoms with Gasteiger partial charge >= 0.3 is 0 Å². The average molecular weight is 356 g/mol. The fourth-order valence-corrected chi connectivity index (χ4v) is 3.68. The number of aromatic nitrogens is 2. The van der Waals surface area contributed by atoms with Crippen LogP contribution in [0, 0.1) is 0 Å². The Morgan fingerprint density at radius 1 is 1.24 bits per heavy atom. The minimum Gasteiger partial charge on any atom is -0.495 e. The van der Waals surface area contributed by atoms with Crippen molar-refractivity contribution in [3.05, 3.63) is 53.3 Å². The number of hydrogen-bond acceptors (Lipinski definition) is 3. The fraction of sp³-hybridized carbons (Fsp3) is 0.263. The van der Waals surface area contributed by atoms with E-state index in [1.54, 1.807) is 30.2 Å². The van der Waals surface area contributed by atoms with E-state index < -0.39 is 0 Å². The van der Waals surface area contributed by atoms with Gasteiger partial charge in [0.05, 0.1) is 23.8 Å². The maximum absolute atomic E-state index is 12.7. The van der Waals surface area contributed by atoms with Gasteiger partial charge in [-0.1, -0.05) is 23.7 Å². The van der Waals surface area contributed by atoms with Crippen molar-refractivity contribution in [2.24, 2.45) is 7.05 Å². The van der Waals surface area contributed by atoms with E-state index in [2.05, 4.69) is 4.57 Å². The highest BCUT2D eigenvalue weighted by Gasteiger charge is 2.35. The first-order valence-corrected chi connectivity index (χ1v) is 8.51. The number of fused-ring (bicyclic) bond motifs is 1. The van der Waals surface area contributed by atoms with Gasteiger partial charge in [-0.3, -0.25) is 4.79 Å². The van der Waals surface area contributed by atoms with Crippen LogP contribution in [0.15, 0.2) is 42.5 Å². The Morgan fingerprint density at radius 2 is 2.04 bits per heavy atom. The second-order valence-electron chi connectivity index (χ2n) is 6.24. The van der Waals surface area contributed by atoms with Crippen molar-refractivity contribution in [2.75, 3.05) is 18.6 Å². The second-order valence-corrected chi connectivity index (χ2v) is 6.68. The number of hydrogen-bond donors (Lipinski definition) is 0. The third-order valence-corrected chi connectivity index (χ3v) is 4.98. The van der Waals surface area contributed by atoms with Crippen molar-refractivity contribution in [3.63, 3.8) is 0 Å². The molecule has 5 nitrogen and oxygen atoms in total. The molecular weight excluding hydrogens is 338 g/mol. The summed E-state index contributed by atoms with van der Waals surface area (Å²) in [5, 5.41) is 0.579. The smallest absolute Gasteiger partial charge is 0.227 e. The van der Waals surface area contributed by atoms with Gasteiger partial charge in [-0.05, 0) is 30.3 Å². The second kappa shape index (κ2) is 6.08. The van der Waals surface area contributed by atoms with Crippen molar-refractivity contribution in [1.82, 2.24) is 9.55 Å². The van der Waals surface area contributed by atoms with Crippen LogP contribution in [0.1, 0.15) is 18.2 Å². The molecule has 0 spiro atoms. The number of aryl methyl sites for hydroxylation is 1. The van der Waals surface area contributed by atoms with Crippen molar-refractivity contribution >= 4 is 34.2 Å². The summed E-state index contributed by atoms with van der Waals surface area (Å²) in [6.07, 6.45) is 0.423. The first kappa shape index (κ1) is 16.0. The molecule has 1 amide bonds. The zero-order valence-corrected chi connectivity index (χ0v) is 14.8. The molecule has 1 aromatic heterocycles. The van der Waals surface area contributed by atoms with Gasteiger partial charge in [-0.2, -0.15) is 0 Å². The number of nitrogens with zero attached hydrogens (tertiary/aromatic N) is 3. The summed E-state index contributed by atoms with van der Waals surface area (Å²) in [6, 6.07) is 13.3. The highest BCUT2D eigenvalue weighted by atomic mass is 35.5. The van der Waals surface area contributed by atoms with Gasteiger partial charge in [0, 0.05) is 31.0 Å². The number of carbonyl (C=O) groups is 1. The lowest BCUT2D eigenvalue weighted by Crippen LogP contribution is -2.25. The summed E-state index contributed by atoms with van der Waals surface area (Å²) in [4.78, 5) is 19.1. The minimum atomic E-state index is 0.0357. The van der Waals surface area contributed by atoms with Gasteiger partial charge in [0.2, 0.25) is 5.91 Å². The van der Waals surface area contributed by atoms with Crippen LogP contribution < -0.4 is 9.64 Å². The molecule has 0 N–H and O–H groups in total. The van der Waals surface area contributed by atoms with Crippen molar-refractivity contribution in [2.45, 2.75) is 12.3 Å². The van der Waals surface area contributed by atoms with E-state index in [0.29, 0.717) is 29.4 Å². The fourth-order valence-electron chi connectivity index (χ4n) is 3.52. The van der Waals surface area contributed by atoms with Gasteiger partial charge in [0.25, 0.3) is 0 Å². The molecule has 0 radical (unpaired) electrons. The van der Waals surface area contributed by atoms with Crippen LogP contribution >= 0.6 is 11.6 Å². The van der Waals surface area contributed by atoms with Crippen LogP contribution in [0.25, 0.3) is 11.0 Å². The van der Waals surface area contributed by atoms with Crippen LogP contribution in [-0.4, -0.2) is 29.1 Å². The Hall–Kier alpha value is -2.53. The Kier molecular flexibility index (Phi) is 3.88. The molecule has 4 rings (SSSR count). The molecule has 128 valence electrons. The molecule has 1 saturated heterocycles. The summed E-state index contributed by atoms with van der Waals surface area (Å²) >= 11 is 6.12. The molecule has 0 saturated carbocycles. The number of benzene rings is 2. The van der Waals surface area contributed by atoms with Crippen LogP contribution in [0.2, 0.25) is 5.02 Å². The molecule has 2 heterocycles. The maximum atomic E-state index is 12.7. The van der Waals surface area contributed by atoms with Crippen LogP contribution in [0.3, 0.4) is 0 Å². The quantitative estimate of drug-likeness (QED) is 0.718. The van der Waals surface area contributed by atoms with E-state index in [1.165, 1.54) is 0 Å². The van der Waals surface area contributed by atoms with Crippen molar-refractivity contribution in [1.29, 1.82) is 0 Å². The number of para-hydroxylation sites is 2. The van der Waals surface area contributed by atoms with Gasteiger partial charge in [0.15, 0.2) is 0 Å². The zero-order chi connectivity index (χ0) is 17.6. The molecule has 3 aromatic rings. The van der Waals surface area contributed by atoms with Crippen molar-refractivity contribution < 1.29 is 9.53 Å². The first-order valence-electron chi connectivity index (χ1n) is 8.13. The van der Waals surface area contributed by atoms with Crippen molar-refractivity contribution in [3.8, 4) is 5.75 Å². The summed E-state index contributed by atoms with van der Waals surface area (Å²) in [7, 11) is 3.59. The molecule has 1 fully saturated rings. The van der Waals surface area contributed by atoms with Gasteiger partial charge in [-0.25, -0.2) is 4.98 Å². The molecule has 1 atom stereocenters. The SMILES string of the molecule is COc1ccc(Cl)cc1N1CC(c2nc3ccccc3n2C)CC1=O. The standard InChI is InChI=1S/C19H18ClN3O2/c1-22-15-6-4-3-5-14(15)21-19(22)12-9-18(24)23(11-12)16-10-13(20)7-8-17(16)25-2/h3-8,10,12H,9,11H2,1-2H3. The number of imidazole rings is 1.